The third-order valence-corrected chi connectivity index (χ3v) is 2.99. The third kappa shape index (κ3) is 3.71. The summed E-state index contributed by atoms with van der Waals surface area (Å²) in [4.78, 5) is 4.42. The molecule has 4 nitrogen and oxygen atoms in total. The van der Waals surface area contributed by atoms with E-state index >= 15 is 0 Å². The molecule has 106 valence electrons. The van der Waals surface area contributed by atoms with Crippen LogP contribution in [0.1, 0.15) is 29.9 Å². The molecule has 0 radical (unpaired) electrons. The Kier molecular flexibility index (Phi) is 4.58. The molecule has 1 atom stereocenters. The van der Waals surface area contributed by atoms with E-state index < -0.39 is 0 Å². The fraction of sp³-hybridized carbons (Fsp3) is 0.312. The molecule has 0 saturated carbocycles. The van der Waals surface area contributed by atoms with Crippen LogP contribution in [0.15, 0.2) is 36.4 Å². The summed E-state index contributed by atoms with van der Waals surface area (Å²) < 4.78 is 11.0. The zero-order chi connectivity index (χ0) is 14.5. The highest BCUT2D eigenvalue weighted by atomic mass is 16.5. The van der Waals surface area contributed by atoms with Crippen LogP contribution >= 0.6 is 0 Å². The molecule has 0 fully saturated rings. The lowest BCUT2D eigenvalue weighted by Gasteiger charge is -2.11. The van der Waals surface area contributed by atoms with Gasteiger partial charge in [-0.3, -0.25) is 4.98 Å². The molecule has 2 rings (SSSR count). The van der Waals surface area contributed by atoms with Crippen molar-refractivity contribution in [1.82, 2.24) is 4.98 Å². The molecule has 0 aliphatic heterocycles. The van der Waals surface area contributed by atoms with Gasteiger partial charge in [0.25, 0.3) is 0 Å². The van der Waals surface area contributed by atoms with Crippen LogP contribution < -0.4 is 15.2 Å². The number of aromatic nitrogens is 1. The Hall–Kier alpha value is -2.07. The summed E-state index contributed by atoms with van der Waals surface area (Å²) in [6.45, 7) is 4.29. The molecular formula is C16H20N2O2. The number of hydrogen-bond acceptors (Lipinski definition) is 4. The zero-order valence-electron chi connectivity index (χ0n) is 12.1. The first-order chi connectivity index (χ1) is 9.58. The molecule has 0 aliphatic carbocycles. The molecule has 1 aromatic heterocycles. The van der Waals surface area contributed by atoms with Gasteiger partial charge in [-0.25, -0.2) is 0 Å². The van der Waals surface area contributed by atoms with Crippen LogP contribution in [0.25, 0.3) is 0 Å². The Balaban J connectivity index is 2.08. The predicted molar refractivity (Wildman–Crippen MR) is 78.9 cm³/mol. The average Bonchev–Trinajstić information content (AvgIpc) is 2.44. The van der Waals surface area contributed by atoms with E-state index in [1.165, 1.54) is 0 Å². The summed E-state index contributed by atoms with van der Waals surface area (Å²) in [6.07, 6.45) is 0. The van der Waals surface area contributed by atoms with E-state index in [1.807, 2.05) is 50.2 Å². The SMILES string of the molecule is COc1cc(C)nc(COc2cccc([C@@H](C)N)c2)c1. The zero-order valence-corrected chi connectivity index (χ0v) is 12.1. The fourth-order valence-corrected chi connectivity index (χ4v) is 1.94. The average molecular weight is 272 g/mol. The van der Waals surface area contributed by atoms with E-state index in [4.69, 9.17) is 15.2 Å². The first-order valence-corrected chi connectivity index (χ1v) is 6.58. The molecule has 2 N–H and O–H groups in total. The van der Waals surface area contributed by atoms with Crippen molar-refractivity contribution < 1.29 is 9.47 Å². The number of nitrogens with zero attached hydrogens (tertiary/aromatic N) is 1. The van der Waals surface area contributed by atoms with Crippen LogP contribution in [-0.2, 0) is 6.61 Å². The number of nitrogens with two attached hydrogens (primary N) is 1. The van der Waals surface area contributed by atoms with E-state index in [2.05, 4.69) is 4.98 Å². The number of hydrogen-bond donors (Lipinski definition) is 1. The normalized spacial score (nSPS) is 12.0. The van der Waals surface area contributed by atoms with Crippen molar-refractivity contribution in [3.8, 4) is 11.5 Å². The number of ether oxygens (including phenoxy) is 2. The topological polar surface area (TPSA) is 57.4 Å². The molecular weight excluding hydrogens is 252 g/mol. The molecule has 0 amide bonds. The Morgan fingerprint density at radius 1 is 1.20 bits per heavy atom. The first kappa shape index (κ1) is 14.3. The number of methoxy groups -OCH3 is 1. The van der Waals surface area contributed by atoms with Crippen molar-refractivity contribution >= 4 is 0 Å². The van der Waals surface area contributed by atoms with Crippen molar-refractivity contribution in [2.45, 2.75) is 26.5 Å². The molecule has 2 aromatic rings. The second-order valence-corrected chi connectivity index (χ2v) is 4.79. The van der Waals surface area contributed by atoms with Gasteiger partial charge in [0.05, 0.1) is 12.8 Å². The Morgan fingerprint density at radius 3 is 2.70 bits per heavy atom. The van der Waals surface area contributed by atoms with Crippen LogP contribution in [0.5, 0.6) is 11.5 Å². The molecule has 20 heavy (non-hydrogen) atoms. The van der Waals surface area contributed by atoms with Gasteiger partial charge in [0.2, 0.25) is 0 Å². The molecule has 0 unspecified atom stereocenters. The quantitative estimate of drug-likeness (QED) is 0.909. The summed E-state index contributed by atoms with van der Waals surface area (Å²) in [7, 11) is 1.64. The Bertz CT molecular complexity index is 582. The monoisotopic (exact) mass is 272 g/mol. The standard InChI is InChI=1S/C16H20N2O2/c1-11-7-16(19-3)9-14(18-11)10-20-15-6-4-5-13(8-15)12(2)17/h4-9,12H,10,17H2,1-3H3/t12-/m1/s1. The van der Waals surface area contributed by atoms with Gasteiger partial charge in [0, 0.05) is 23.9 Å². The molecule has 1 heterocycles. The largest absolute Gasteiger partial charge is 0.497 e. The lowest BCUT2D eigenvalue weighted by molar-refractivity contribution is 0.299. The van der Waals surface area contributed by atoms with E-state index in [0.717, 1.165) is 28.5 Å². The number of rotatable bonds is 5. The van der Waals surface area contributed by atoms with Gasteiger partial charge in [0.1, 0.15) is 18.1 Å². The van der Waals surface area contributed by atoms with Crippen LogP contribution in [0.3, 0.4) is 0 Å². The molecule has 0 spiro atoms. The summed E-state index contributed by atoms with van der Waals surface area (Å²) >= 11 is 0. The smallest absolute Gasteiger partial charge is 0.130 e. The van der Waals surface area contributed by atoms with E-state index in [0.29, 0.717) is 6.61 Å². The molecule has 1 aromatic carbocycles. The number of pyridine rings is 1. The van der Waals surface area contributed by atoms with Crippen LogP contribution in [0.2, 0.25) is 0 Å². The maximum absolute atomic E-state index is 5.86. The minimum Gasteiger partial charge on any atom is -0.497 e. The van der Waals surface area contributed by atoms with Crippen molar-refractivity contribution in [2.75, 3.05) is 7.11 Å². The maximum atomic E-state index is 5.86. The highest BCUT2D eigenvalue weighted by molar-refractivity contribution is 5.31. The summed E-state index contributed by atoms with van der Waals surface area (Å²) in [6, 6.07) is 11.6. The summed E-state index contributed by atoms with van der Waals surface area (Å²) in [5.41, 5.74) is 8.67. The molecule has 0 saturated heterocycles. The van der Waals surface area contributed by atoms with Gasteiger partial charge in [-0.2, -0.15) is 0 Å². The lowest BCUT2D eigenvalue weighted by atomic mass is 10.1. The van der Waals surface area contributed by atoms with E-state index in [-0.39, 0.29) is 6.04 Å². The van der Waals surface area contributed by atoms with E-state index in [9.17, 15) is 0 Å². The first-order valence-electron chi connectivity index (χ1n) is 6.58. The van der Waals surface area contributed by atoms with Crippen molar-refractivity contribution in [2.24, 2.45) is 5.73 Å². The highest BCUT2D eigenvalue weighted by Crippen LogP contribution is 2.19. The Morgan fingerprint density at radius 2 is 2.00 bits per heavy atom. The van der Waals surface area contributed by atoms with Crippen LogP contribution in [0.4, 0.5) is 0 Å². The molecule has 0 aliphatic rings. The lowest BCUT2D eigenvalue weighted by Crippen LogP contribution is -2.05. The molecule has 4 heteroatoms. The van der Waals surface area contributed by atoms with E-state index in [1.54, 1.807) is 7.11 Å². The maximum Gasteiger partial charge on any atom is 0.130 e. The fourth-order valence-electron chi connectivity index (χ4n) is 1.94. The van der Waals surface area contributed by atoms with Crippen molar-refractivity contribution in [1.29, 1.82) is 0 Å². The van der Waals surface area contributed by atoms with Gasteiger partial charge in [0.15, 0.2) is 0 Å². The second-order valence-electron chi connectivity index (χ2n) is 4.79. The number of benzene rings is 1. The minimum atomic E-state index is -0.00395. The van der Waals surface area contributed by atoms with Crippen LogP contribution in [0, 0.1) is 6.92 Å². The van der Waals surface area contributed by atoms with Gasteiger partial charge >= 0.3 is 0 Å². The predicted octanol–water partition coefficient (Wildman–Crippen LogP) is 3.00. The Labute approximate surface area is 119 Å². The van der Waals surface area contributed by atoms with Crippen LogP contribution in [-0.4, -0.2) is 12.1 Å². The highest BCUT2D eigenvalue weighted by Gasteiger charge is 2.04. The minimum absolute atomic E-state index is 0.00395. The number of aryl methyl sites for hydroxylation is 1. The third-order valence-electron chi connectivity index (χ3n) is 2.99. The second kappa shape index (κ2) is 6.39. The van der Waals surface area contributed by atoms with Crippen molar-refractivity contribution in [3.05, 3.63) is 53.3 Å². The summed E-state index contributed by atoms with van der Waals surface area (Å²) in [5.74, 6) is 1.59. The van der Waals surface area contributed by atoms with Gasteiger partial charge in [-0.15, -0.1) is 0 Å². The summed E-state index contributed by atoms with van der Waals surface area (Å²) in [5, 5.41) is 0. The van der Waals surface area contributed by atoms with Gasteiger partial charge in [-0.05, 0) is 31.5 Å². The van der Waals surface area contributed by atoms with Crippen molar-refractivity contribution in [3.63, 3.8) is 0 Å². The van der Waals surface area contributed by atoms with Gasteiger partial charge in [-0.1, -0.05) is 12.1 Å². The van der Waals surface area contributed by atoms with Gasteiger partial charge < -0.3 is 15.2 Å². The molecule has 0 bridgehead atoms.